The predicted octanol–water partition coefficient (Wildman–Crippen LogP) is 2.09. The molecular weight excluding hydrogens is 270 g/mol. The number of ether oxygens (including phenoxy) is 1. The first-order valence-electron chi connectivity index (χ1n) is 7.13. The van der Waals surface area contributed by atoms with Gasteiger partial charge in [0.1, 0.15) is 0 Å². The van der Waals surface area contributed by atoms with E-state index in [1.165, 1.54) is 0 Å². The Kier molecular flexibility index (Phi) is 3.41. The summed E-state index contributed by atoms with van der Waals surface area (Å²) in [5.74, 6) is -0.0144. The minimum atomic E-state index is -0.0144. The molecule has 3 rings (SSSR count). The molecule has 0 bridgehead atoms. The first-order valence-corrected chi connectivity index (χ1v) is 7.13. The number of amides is 1. The number of hydrogen-bond acceptors (Lipinski definition) is 5. The van der Waals surface area contributed by atoms with Gasteiger partial charge < -0.3 is 14.2 Å². The number of pyridine rings is 1. The molecular formula is C15H19N3O3. The third-order valence-electron chi connectivity index (χ3n) is 3.84. The fraction of sp³-hybridized carbons (Fsp3) is 0.533. The maximum absolute atomic E-state index is 12.9. The summed E-state index contributed by atoms with van der Waals surface area (Å²) in [5.41, 5.74) is 2.47. The molecule has 3 heterocycles. The van der Waals surface area contributed by atoms with E-state index in [-0.39, 0.29) is 18.1 Å². The first kappa shape index (κ1) is 14.0. The lowest BCUT2D eigenvalue weighted by atomic mass is 10.1. The molecule has 0 aliphatic carbocycles. The van der Waals surface area contributed by atoms with Gasteiger partial charge in [0.15, 0.2) is 0 Å². The summed E-state index contributed by atoms with van der Waals surface area (Å²) in [4.78, 5) is 19.1. The zero-order valence-electron chi connectivity index (χ0n) is 12.7. The van der Waals surface area contributed by atoms with Crippen molar-refractivity contribution >= 4 is 17.0 Å². The van der Waals surface area contributed by atoms with Gasteiger partial charge in [-0.1, -0.05) is 5.16 Å². The first-order chi connectivity index (χ1) is 9.97. The molecule has 21 heavy (non-hydrogen) atoms. The predicted molar refractivity (Wildman–Crippen MR) is 77.2 cm³/mol. The second kappa shape index (κ2) is 5.11. The number of morpholine rings is 1. The Labute approximate surface area is 123 Å². The Morgan fingerprint density at radius 1 is 1.38 bits per heavy atom. The standard InChI is InChI=1S/C15H19N3O3/c1-8-5-12(13-11(4)17-21-14(13)16-8)15(19)18-6-10(3)20-7-9(18)2/h5,9-10H,6-7H2,1-4H3/t9-,10-/m0/s1. The van der Waals surface area contributed by atoms with Crippen LogP contribution in [0.3, 0.4) is 0 Å². The van der Waals surface area contributed by atoms with E-state index in [4.69, 9.17) is 9.26 Å². The SMILES string of the molecule is Cc1cc(C(=O)N2C[C@H](C)OC[C@@H]2C)c2c(C)noc2n1. The number of rotatable bonds is 1. The van der Waals surface area contributed by atoms with Crippen molar-refractivity contribution in [1.29, 1.82) is 0 Å². The molecule has 1 aliphatic rings. The number of aryl methyl sites for hydroxylation is 2. The van der Waals surface area contributed by atoms with Gasteiger partial charge in [-0.2, -0.15) is 0 Å². The third kappa shape index (κ3) is 2.40. The average molecular weight is 289 g/mol. The van der Waals surface area contributed by atoms with Crippen LogP contribution in [0, 0.1) is 13.8 Å². The lowest BCUT2D eigenvalue weighted by Gasteiger charge is -2.37. The van der Waals surface area contributed by atoms with E-state index in [0.717, 1.165) is 5.69 Å². The molecule has 0 spiro atoms. The van der Waals surface area contributed by atoms with Crippen LogP contribution in [0.15, 0.2) is 10.6 Å². The lowest BCUT2D eigenvalue weighted by molar-refractivity contribution is -0.0386. The molecule has 2 aromatic heterocycles. The molecule has 112 valence electrons. The molecule has 6 heteroatoms. The maximum atomic E-state index is 12.9. The monoisotopic (exact) mass is 289 g/mol. The summed E-state index contributed by atoms with van der Waals surface area (Å²) < 4.78 is 10.8. The number of hydrogen-bond donors (Lipinski definition) is 0. The molecule has 1 amide bonds. The molecule has 1 fully saturated rings. The summed E-state index contributed by atoms with van der Waals surface area (Å²) in [6.07, 6.45) is 0.0483. The highest BCUT2D eigenvalue weighted by molar-refractivity contribution is 6.06. The molecule has 2 aromatic rings. The number of fused-ring (bicyclic) bond motifs is 1. The minimum absolute atomic E-state index is 0.0144. The van der Waals surface area contributed by atoms with Crippen LogP contribution in [0.1, 0.15) is 35.6 Å². The van der Waals surface area contributed by atoms with E-state index in [1.807, 2.05) is 38.7 Å². The highest BCUT2D eigenvalue weighted by Gasteiger charge is 2.30. The van der Waals surface area contributed by atoms with Gasteiger partial charge in [0.25, 0.3) is 11.6 Å². The van der Waals surface area contributed by atoms with Gasteiger partial charge in [0.2, 0.25) is 0 Å². The summed E-state index contributed by atoms with van der Waals surface area (Å²) in [6, 6.07) is 1.86. The Hall–Kier alpha value is -1.95. The smallest absolute Gasteiger partial charge is 0.258 e. The van der Waals surface area contributed by atoms with Crippen molar-refractivity contribution in [3.8, 4) is 0 Å². The lowest BCUT2D eigenvalue weighted by Crippen LogP contribution is -2.50. The quantitative estimate of drug-likeness (QED) is 0.804. The maximum Gasteiger partial charge on any atom is 0.258 e. The highest BCUT2D eigenvalue weighted by Crippen LogP contribution is 2.25. The van der Waals surface area contributed by atoms with Crippen molar-refractivity contribution in [3.05, 3.63) is 23.0 Å². The molecule has 0 unspecified atom stereocenters. The van der Waals surface area contributed by atoms with Crippen LogP contribution in [0.5, 0.6) is 0 Å². The van der Waals surface area contributed by atoms with E-state index in [1.54, 1.807) is 0 Å². The van der Waals surface area contributed by atoms with E-state index in [0.29, 0.717) is 35.5 Å². The van der Waals surface area contributed by atoms with Crippen molar-refractivity contribution in [2.75, 3.05) is 13.2 Å². The van der Waals surface area contributed by atoms with E-state index >= 15 is 0 Å². The van der Waals surface area contributed by atoms with Crippen molar-refractivity contribution < 1.29 is 14.1 Å². The Morgan fingerprint density at radius 2 is 2.14 bits per heavy atom. The summed E-state index contributed by atoms with van der Waals surface area (Å²) >= 11 is 0. The summed E-state index contributed by atoms with van der Waals surface area (Å²) in [7, 11) is 0. The van der Waals surface area contributed by atoms with Gasteiger partial charge in [-0.3, -0.25) is 4.79 Å². The van der Waals surface area contributed by atoms with Crippen molar-refractivity contribution in [2.24, 2.45) is 0 Å². The molecule has 0 aromatic carbocycles. The zero-order chi connectivity index (χ0) is 15.1. The van der Waals surface area contributed by atoms with Gasteiger partial charge in [-0.15, -0.1) is 0 Å². The normalized spacial score (nSPS) is 22.8. The Balaban J connectivity index is 2.06. The second-order valence-corrected chi connectivity index (χ2v) is 5.71. The topological polar surface area (TPSA) is 68.5 Å². The molecule has 0 N–H and O–H groups in total. The second-order valence-electron chi connectivity index (χ2n) is 5.71. The minimum Gasteiger partial charge on any atom is -0.375 e. The molecule has 0 saturated carbocycles. The fourth-order valence-corrected chi connectivity index (χ4v) is 2.73. The van der Waals surface area contributed by atoms with Crippen LogP contribution in [-0.2, 0) is 4.74 Å². The number of carbonyl (C=O) groups excluding carboxylic acids is 1. The van der Waals surface area contributed by atoms with Crippen LogP contribution in [0.4, 0.5) is 0 Å². The van der Waals surface area contributed by atoms with Crippen LogP contribution >= 0.6 is 0 Å². The van der Waals surface area contributed by atoms with E-state index in [2.05, 4.69) is 10.1 Å². The summed E-state index contributed by atoms with van der Waals surface area (Å²) in [5, 5.41) is 4.63. The van der Waals surface area contributed by atoms with Crippen molar-refractivity contribution in [3.63, 3.8) is 0 Å². The van der Waals surface area contributed by atoms with Crippen molar-refractivity contribution in [2.45, 2.75) is 39.8 Å². The van der Waals surface area contributed by atoms with Crippen LogP contribution in [-0.4, -0.2) is 46.2 Å². The van der Waals surface area contributed by atoms with E-state index in [9.17, 15) is 4.79 Å². The molecule has 1 aliphatic heterocycles. The van der Waals surface area contributed by atoms with Gasteiger partial charge in [-0.05, 0) is 33.8 Å². The molecule has 1 saturated heterocycles. The van der Waals surface area contributed by atoms with Gasteiger partial charge in [0, 0.05) is 12.2 Å². The van der Waals surface area contributed by atoms with Crippen LogP contribution in [0.2, 0.25) is 0 Å². The zero-order valence-corrected chi connectivity index (χ0v) is 12.7. The van der Waals surface area contributed by atoms with Gasteiger partial charge >= 0.3 is 0 Å². The average Bonchev–Trinajstić information content (AvgIpc) is 2.81. The van der Waals surface area contributed by atoms with Crippen LogP contribution in [0.25, 0.3) is 11.1 Å². The van der Waals surface area contributed by atoms with Gasteiger partial charge in [0.05, 0.1) is 35.4 Å². The fourth-order valence-electron chi connectivity index (χ4n) is 2.73. The number of carbonyl (C=O) groups is 1. The molecule has 2 atom stereocenters. The number of nitrogens with zero attached hydrogens (tertiary/aromatic N) is 3. The third-order valence-corrected chi connectivity index (χ3v) is 3.84. The molecule has 6 nitrogen and oxygen atoms in total. The highest BCUT2D eigenvalue weighted by atomic mass is 16.5. The Bertz CT molecular complexity index is 695. The van der Waals surface area contributed by atoms with Crippen LogP contribution < -0.4 is 0 Å². The molecule has 0 radical (unpaired) electrons. The largest absolute Gasteiger partial charge is 0.375 e. The number of aromatic nitrogens is 2. The van der Waals surface area contributed by atoms with Crippen molar-refractivity contribution in [1.82, 2.24) is 15.0 Å². The Morgan fingerprint density at radius 3 is 2.90 bits per heavy atom. The van der Waals surface area contributed by atoms with Gasteiger partial charge in [-0.25, -0.2) is 4.98 Å². The van der Waals surface area contributed by atoms with E-state index < -0.39 is 0 Å². The summed E-state index contributed by atoms with van der Waals surface area (Å²) in [6.45, 7) is 8.79.